The highest BCUT2D eigenvalue weighted by Gasteiger charge is 2.32. The van der Waals surface area contributed by atoms with Crippen molar-refractivity contribution >= 4 is 5.97 Å². The fraction of sp³-hybridized carbons (Fsp3) is 0.278. The number of carbonyl (C=O) groups excluding carboxylic acids is 1. The highest BCUT2D eigenvalue weighted by molar-refractivity contribution is 5.76. The Morgan fingerprint density at radius 3 is 2.24 bits per heavy atom. The normalized spacial score (nSPS) is 15.4. The van der Waals surface area contributed by atoms with Crippen molar-refractivity contribution in [3.63, 3.8) is 0 Å². The van der Waals surface area contributed by atoms with Crippen molar-refractivity contribution in [3.8, 4) is 0 Å². The maximum Gasteiger partial charge on any atom is 0.340 e. The molecular formula is C18H18O3. The Bertz CT molecular complexity index is 576. The van der Waals surface area contributed by atoms with Crippen LogP contribution in [-0.4, -0.2) is 12.1 Å². The summed E-state index contributed by atoms with van der Waals surface area (Å²) in [4.78, 5) is 12.3. The van der Waals surface area contributed by atoms with Gasteiger partial charge in [0.2, 0.25) is 0 Å². The lowest BCUT2D eigenvalue weighted by Crippen LogP contribution is -2.19. The van der Waals surface area contributed by atoms with Gasteiger partial charge in [0.05, 0.1) is 6.10 Å². The molecule has 1 atom stereocenters. The van der Waals surface area contributed by atoms with Gasteiger partial charge in [-0.15, -0.1) is 0 Å². The fourth-order valence-electron chi connectivity index (χ4n) is 2.10. The first-order valence-electron chi connectivity index (χ1n) is 7.24. The van der Waals surface area contributed by atoms with Crippen molar-refractivity contribution in [1.82, 2.24) is 0 Å². The molecule has 0 aromatic heterocycles. The van der Waals surface area contributed by atoms with Gasteiger partial charge in [-0.1, -0.05) is 60.7 Å². The van der Waals surface area contributed by atoms with E-state index >= 15 is 0 Å². The zero-order valence-electron chi connectivity index (χ0n) is 11.8. The van der Waals surface area contributed by atoms with Crippen LogP contribution in [0.25, 0.3) is 0 Å². The lowest BCUT2D eigenvalue weighted by atomic mass is 10.1. The van der Waals surface area contributed by atoms with Gasteiger partial charge in [-0.3, -0.25) is 0 Å². The number of ether oxygens (including phenoxy) is 2. The summed E-state index contributed by atoms with van der Waals surface area (Å²) in [5.41, 5.74) is 1.83. The largest absolute Gasteiger partial charge is 0.459 e. The van der Waals surface area contributed by atoms with E-state index in [1.165, 1.54) is 0 Å². The second-order valence-corrected chi connectivity index (χ2v) is 5.22. The Morgan fingerprint density at radius 2 is 1.62 bits per heavy atom. The Morgan fingerprint density at radius 1 is 1.00 bits per heavy atom. The van der Waals surface area contributed by atoms with Crippen LogP contribution >= 0.6 is 0 Å². The third-order valence-corrected chi connectivity index (χ3v) is 3.39. The van der Waals surface area contributed by atoms with Gasteiger partial charge in [0.25, 0.3) is 0 Å². The molecule has 0 saturated heterocycles. The first kappa shape index (κ1) is 13.8. The molecule has 21 heavy (non-hydrogen) atoms. The summed E-state index contributed by atoms with van der Waals surface area (Å²) in [6.07, 6.45) is 1.62. The van der Waals surface area contributed by atoms with Crippen molar-refractivity contribution in [2.75, 3.05) is 0 Å². The molecule has 1 aliphatic rings. The quantitative estimate of drug-likeness (QED) is 0.759. The molecule has 0 amide bonds. The molecule has 1 fully saturated rings. The second kappa shape index (κ2) is 6.55. The van der Waals surface area contributed by atoms with Crippen LogP contribution < -0.4 is 0 Å². The maximum absolute atomic E-state index is 12.3. The monoisotopic (exact) mass is 282 g/mol. The topological polar surface area (TPSA) is 35.5 Å². The number of esters is 1. The predicted octanol–water partition coefficient (Wildman–Crippen LogP) is 3.65. The lowest BCUT2D eigenvalue weighted by molar-refractivity contribution is -0.160. The Kier molecular flexibility index (Phi) is 4.31. The molecule has 1 unspecified atom stereocenters. The van der Waals surface area contributed by atoms with Gasteiger partial charge in [0.15, 0.2) is 6.10 Å². The summed E-state index contributed by atoms with van der Waals surface area (Å²) in [7, 11) is 0. The molecule has 0 aliphatic heterocycles. The minimum absolute atomic E-state index is 0.194. The molecular weight excluding hydrogens is 264 g/mol. The second-order valence-electron chi connectivity index (χ2n) is 5.22. The highest BCUT2D eigenvalue weighted by Crippen LogP contribution is 2.31. The van der Waals surface area contributed by atoms with E-state index in [0.717, 1.165) is 24.0 Å². The van der Waals surface area contributed by atoms with E-state index in [2.05, 4.69) is 0 Å². The molecule has 1 saturated carbocycles. The molecule has 0 spiro atoms. The van der Waals surface area contributed by atoms with Crippen LogP contribution in [-0.2, 0) is 20.9 Å². The Balaban J connectivity index is 1.66. The van der Waals surface area contributed by atoms with Gasteiger partial charge < -0.3 is 9.47 Å². The van der Waals surface area contributed by atoms with Crippen molar-refractivity contribution in [1.29, 1.82) is 0 Å². The molecule has 0 bridgehead atoms. The lowest BCUT2D eigenvalue weighted by Gasteiger charge is -2.17. The van der Waals surface area contributed by atoms with Crippen LogP contribution in [0.4, 0.5) is 0 Å². The van der Waals surface area contributed by atoms with Gasteiger partial charge >= 0.3 is 5.97 Å². The molecule has 2 aromatic rings. The number of hydrogen-bond donors (Lipinski definition) is 0. The van der Waals surface area contributed by atoms with Crippen LogP contribution in [0, 0.1) is 0 Å². The molecule has 0 heterocycles. The van der Waals surface area contributed by atoms with Gasteiger partial charge in [0.1, 0.15) is 6.61 Å². The third-order valence-electron chi connectivity index (χ3n) is 3.39. The molecule has 3 heteroatoms. The number of hydrogen-bond acceptors (Lipinski definition) is 3. The van der Waals surface area contributed by atoms with E-state index in [0.29, 0.717) is 0 Å². The molecule has 2 aromatic carbocycles. The average Bonchev–Trinajstić information content (AvgIpc) is 3.36. The first-order chi connectivity index (χ1) is 10.3. The van der Waals surface area contributed by atoms with Gasteiger partial charge in [-0.2, -0.15) is 0 Å². The SMILES string of the molecule is O=C(OCc1ccccc1)C(OC1CC1)c1ccccc1. The van der Waals surface area contributed by atoms with E-state index < -0.39 is 6.10 Å². The molecule has 108 valence electrons. The summed E-state index contributed by atoms with van der Waals surface area (Å²) in [6.45, 7) is 0.275. The maximum atomic E-state index is 12.3. The highest BCUT2D eigenvalue weighted by atomic mass is 16.6. The smallest absolute Gasteiger partial charge is 0.340 e. The van der Waals surface area contributed by atoms with Gasteiger partial charge in [-0.05, 0) is 24.0 Å². The van der Waals surface area contributed by atoms with E-state index in [4.69, 9.17) is 9.47 Å². The number of benzene rings is 2. The summed E-state index contributed by atoms with van der Waals surface area (Å²) >= 11 is 0. The van der Waals surface area contributed by atoms with Gasteiger partial charge in [-0.25, -0.2) is 4.79 Å². The average molecular weight is 282 g/mol. The van der Waals surface area contributed by atoms with Crippen LogP contribution in [0.2, 0.25) is 0 Å². The first-order valence-corrected chi connectivity index (χ1v) is 7.24. The molecule has 3 rings (SSSR count). The van der Waals surface area contributed by atoms with Gasteiger partial charge in [0, 0.05) is 0 Å². The van der Waals surface area contributed by atoms with Crippen molar-refractivity contribution in [2.45, 2.75) is 31.7 Å². The van der Waals surface area contributed by atoms with Crippen LogP contribution in [0.3, 0.4) is 0 Å². The van der Waals surface area contributed by atoms with Crippen LogP contribution in [0.1, 0.15) is 30.1 Å². The van der Waals surface area contributed by atoms with E-state index in [9.17, 15) is 4.79 Å². The standard InChI is InChI=1S/C18H18O3/c19-18(20-13-14-7-3-1-4-8-14)17(21-16-11-12-16)15-9-5-2-6-10-15/h1-10,16-17H,11-13H2. The zero-order valence-corrected chi connectivity index (χ0v) is 11.8. The van der Waals surface area contributed by atoms with Crippen molar-refractivity contribution in [2.24, 2.45) is 0 Å². The molecule has 1 aliphatic carbocycles. The summed E-state index contributed by atoms with van der Waals surface area (Å²) < 4.78 is 11.2. The molecule has 0 radical (unpaired) electrons. The van der Waals surface area contributed by atoms with E-state index in [-0.39, 0.29) is 18.7 Å². The fourth-order valence-corrected chi connectivity index (χ4v) is 2.10. The third kappa shape index (κ3) is 3.92. The Hall–Kier alpha value is -2.13. The Labute approximate surface area is 124 Å². The summed E-state index contributed by atoms with van der Waals surface area (Å²) in [6, 6.07) is 19.2. The van der Waals surface area contributed by atoms with Crippen molar-refractivity contribution < 1.29 is 14.3 Å². The predicted molar refractivity (Wildman–Crippen MR) is 79.5 cm³/mol. The minimum Gasteiger partial charge on any atom is -0.459 e. The minimum atomic E-state index is -0.623. The number of carbonyl (C=O) groups is 1. The molecule has 0 N–H and O–H groups in total. The van der Waals surface area contributed by atoms with Crippen LogP contribution in [0.15, 0.2) is 60.7 Å². The summed E-state index contributed by atoms with van der Waals surface area (Å²) in [5, 5.41) is 0. The van der Waals surface area contributed by atoms with Crippen molar-refractivity contribution in [3.05, 3.63) is 71.8 Å². The van der Waals surface area contributed by atoms with E-state index in [1.54, 1.807) is 0 Å². The van der Waals surface area contributed by atoms with Crippen LogP contribution in [0.5, 0.6) is 0 Å². The molecule has 3 nitrogen and oxygen atoms in total. The summed E-state index contributed by atoms with van der Waals surface area (Å²) in [5.74, 6) is -0.322. The van der Waals surface area contributed by atoms with E-state index in [1.807, 2.05) is 60.7 Å². The number of rotatable bonds is 6. The zero-order chi connectivity index (χ0) is 14.5.